The van der Waals surface area contributed by atoms with Crippen LogP contribution >= 0.6 is 0 Å². The van der Waals surface area contributed by atoms with Crippen LogP contribution in [0.5, 0.6) is 0 Å². The van der Waals surface area contributed by atoms with Crippen molar-refractivity contribution in [1.29, 1.82) is 0 Å². The van der Waals surface area contributed by atoms with Crippen LogP contribution in [0.25, 0.3) is 0 Å². The molecule has 5 heteroatoms. The van der Waals surface area contributed by atoms with Gasteiger partial charge in [-0.25, -0.2) is 0 Å². The first-order chi connectivity index (χ1) is 19.7. The predicted molar refractivity (Wildman–Crippen MR) is 163 cm³/mol. The molecule has 0 unspecified atom stereocenters. The summed E-state index contributed by atoms with van der Waals surface area (Å²) in [5.74, 6) is 0.263. The highest BCUT2D eigenvalue weighted by Crippen LogP contribution is 2.33. The minimum atomic E-state index is 0.263. The number of benzene rings is 3. The van der Waals surface area contributed by atoms with E-state index >= 15 is 0 Å². The van der Waals surface area contributed by atoms with Crippen LogP contribution in [-0.2, 0) is 19.6 Å². The van der Waals surface area contributed by atoms with Crippen LogP contribution in [0.1, 0.15) is 65.6 Å². The number of rotatable bonds is 9. The van der Waals surface area contributed by atoms with Gasteiger partial charge >= 0.3 is 0 Å². The van der Waals surface area contributed by atoms with Crippen LogP contribution in [0.4, 0.5) is 5.69 Å². The van der Waals surface area contributed by atoms with Gasteiger partial charge in [-0.2, -0.15) is 0 Å². The SMILES string of the molecule is O=C1c2cc(N3CCN(CCN(Cc4ccccc4)Cc4ccccc4)CC3)ccc2CN1C1CCCCCC1. The number of piperazine rings is 1. The maximum Gasteiger partial charge on any atom is 0.254 e. The zero-order chi connectivity index (χ0) is 27.1. The van der Waals surface area contributed by atoms with E-state index in [0.29, 0.717) is 6.04 Å². The zero-order valence-electron chi connectivity index (χ0n) is 23.9. The van der Waals surface area contributed by atoms with Crippen LogP contribution in [-0.4, -0.2) is 65.9 Å². The van der Waals surface area contributed by atoms with Crippen molar-refractivity contribution < 1.29 is 4.79 Å². The molecule has 0 atom stereocenters. The van der Waals surface area contributed by atoms with Gasteiger partial charge in [-0.1, -0.05) is 92.4 Å². The molecule has 0 aromatic heterocycles. The Labute approximate surface area is 240 Å². The maximum atomic E-state index is 13.4. The summed E-state index contributed by atoms with van der Waals surface area (Å²) in [4.78, 5) is 23.2. The summed E-state index contributed by atoms with van der Waals surface area (Å²) < 4.78 is 0. The molecule has 5 nitrogen and oxygen atoms in total. The van der Waals surface area contributed by atoms with Gasteiger partial charge in [-0.05, 0) is 41.7 Å². The molecule has 6 rings (SSSR count). The number of fused-ring (bicyclic) bond motifs is 1. The Morgan fingerprint density at radius 1 is 0.725 bits per heavy atom. The lowest BCUT2D eigenvalue weighted by molar-refractivity contribution is 0.0686. The number of carbonyl (C=O) groups excluding carboxylic acids is 1. The van der Waals surface area contributed by atoms with Crippen LogP contribution in [0.2, 0.25) is 0 Å². The second-order valence-corrected chi connectivity index (χ2v) is 11.9. The summed E-state index contributed by atoms with van der Waals surface area (Å²) in [6.45, 7) is 9.00. The van der Waals surface area contributed by atoms with Crippen LogP contribution in [0.3, 0.4) is 0 Å². The highest BCUT2D eigenvalue weighted by atomic mass is 16.2. The van der Waals surface area contributed by atoms with Crippen molar-refractivity contribution in [3.8, 4) is 0 Å². The average molecular weight is 537 g/mol. The van der Waals surface area contributed by atoms with Crippen molar-refractivity contribution in [2.75, 3.05) is 44.2 Å². The fraction of sp³-hybridized carbons (Fsp3) is 0.457. The van der Waals surface area contributed by atoms with Crippen molar-refractivity contribution in [2.24, 2.45) is 0 Å². The number of carbonyl (C=O) groups is 1. The van der Waals surface area contributed by atoms with Gasteiger partial charge in [0.2, 0.25) is 0 Å². The summed E-state index contributed by atoms with van der Waals surface area (Å²) in [7, 11) is 0. The first-order valence-corrected chi connectivity index (χ1v) is 15.4. The Morgan fingerprint density at radius 3 is 1.98 bits per heavy atom. The van der Waals surface area contributed by atoms with E-state index in [1.807, 2.05) is 0 Å². The molecule has 1 saturated heterocycles. The molecule has 2 fully saturated rings. The average Bonchev–Trinajstić information content (AvgIpc) is 3.15. The van der Waals surface area contributed by atoms with Crippen LogP contribution in [0.15, 0.2) is 78.9 Å². The number of hydrogen-bond donors (Lipinski definition) is 0. The largest absolute Gasteiger partial charge is 0.369 e. The van der Waals surface area contributed by atoms with E-state index in [-0.39, 0.29) is 5.91 Å². The third-order valence-electron chi connectivity index (χ3n) is 9.16. The number of nitrogens with zero attached hydrogens (tertiary/aromatic N) is 4. The van der Waals surface area contributed by atoms with Crippen molar-refractivity contribution in [1.82, 2.24) is 14.7 Å². The Hall–Kier alpha value is -3.15. The van der Waals surface area contributed by atoms with E-state index in [4.69, 9.17) is 0 Å². The van der Waals surface area contributed by atoms with Gasteiger partial charge in [0.05, 0.1) is 0 Å². The molecule has 0 bridgehead atoms. The third-order valence-corrected chi connectivity index (χ3v) is 9.16. The van der Waals surface area contributed by atoms with Gasteiger partial charge in [0, 0.05) is 76.2 Å². The molecule has 0 spiro atoms. The van der Waals surface area contributed by atoms with Crippen molar-refractivity contribution in [2.45, 2.75) is 64.2 Å². The Balaban J connectivity index is 1.03. The quantitative estimate of drug-likeness (QED) is 0.305. The first-order valence-electron chi connectivity index (χ1n) is 15.4. The van der Waals surface area contributed by atoms with E-state index in [1.165, 1.54) is 60.9 Å². The first kappa shape index (κ1) is 27.0. The molecule has 40 heavy (non-hydrogen) atoms. The molecule has 3 aromatic carbocycles. The van der Waals surface area contributed by atoms with Crippen molar-refractivity contribution in [3.05, 3.63) is 101 Å². The van der Waals surface area contributed by atoms with Gasteiger partial charge in [0.1, 0.15) is 0 Å². The lowest BCUT2D eigenvalue weighted by Gasteiger charge is -2.37. The lowest BCUT2D eigenvalue weighted by atomic mass is 10.1. The molecule has 210 valence electrons. The Bertz CT molecular complexity index is 1190. The van der Waals surface area contributed by atoms with E-state index in [1.54, 1.807) is 0 Å². The smallest absolute Gasteiger partial charge is 0.254 e. The maximum absolute atomic E-state index is 13.4. The van der Waals surface area contributed by atoms with Crippen LogP contribution in [0, 0.1) is 0 Å². The Morgan fingerprint density at radius 2 is 1.35 bits per heavy atom. The second kappa shape index (κ2) is 13.0. The minimum Gasteiger partial charge on any atom is -0.369 e. The van der Waals surface area contributed by atoms with Gasteiger partial charge in [0.25, 0.3) is 5.91 Å². The fourth-order valence-corrected chi connectivity index (χ4v) is 6.78. The molecule has 0 N–H and O–H groups in total. The second-order valence-electron chi connectivity index (χ2n) is 11.9. The lowest BCUT2D eigenvalue weighted by Crippen LogP contribution is -2.48. The molecular formula is C35H44N4O. The summed E-state index contributed by atoms with van der Waals surface area (Å²) in [5, 5.41) is 0. The van der Waals surface area contributed by atoms with Crippen molar-refractivity contribution in [3.63, 3.8) is 0 Å². The van der Waals surface area contributed by atoms with Crippen LogP contribution < -0.4 is 4.90 Å². The number of hydrogen-bond acceptors (Lipinski definition) is 4. The number of amides is 1. The Kier molecular flexibility index (Phi) is 8.80. The van der Waals surface area contributed by atoms with Crippen molar-refractivity contribution >= 4 is 11.6 Å². The normalized spacial score (nSPS) is 18.8. The fourth-order valence-electron chi connectivity index (χ4n) is 6.78. The molecular weight excluding hydrogens is 492 g/mol. The van der Waals surface area contributed by atoms with E-state index in [0.717, 1.165) is 64.5 Å². The summed E-state index contributed by atoms with van der Waals surface area (Å²) in [6.07, 6.45) is 7.50. The molecule has 2 heterocycles. The topological polar surface area (TPSA) is 30.0 Å². The molecule has 1 amide bonds. The van der Waals surface area contributed by atoms with E-state index in [2.05, 4.69) is 98.5 Å². The molecule has 1 aliphatic carbocycles. The monoisotopic (exact) mass is 536 g/mol. The van der Waals surface area contributed by atoms with Gasteiger partial charge < -0.3 is 9.80 Å². The van der Waals surface area contributed by atoms with Gasteiger partial charge in [-0.3, -0.25) is 14.6 Å². The molecule has 3 aromatic rings. The number of anilines is 1. The van der Waals surface area contributed by atoms with E-state index < -0.39 is 0 Å². The summed E-state index contributed by atoms with van der Waals surface area (Å²) in [6, 6.07) is 28.7. The molecule has 3 aliphatic rings. The standard InChI is InChI=1S/C35H44N4O/c40-35-34-25-33(18-17-31(34)28-39(35)32-15-9-1-2-10-16-32)38-23-21-36(22-24-38)19-20-37(26-29-11-5-3-6-12-29)27-30-13-7-4-8-14-30/h3-8,11-14,17-18,25,32H,1-2,9-10,15-16,19-24,26-28H2. The highest BCUT2D eigenvalue weighted by molar-refractivity contribution is 5.99. The van der Waals surface area contributed by atoms with Gasteiger partial charge in [-0.15, -0.1) is 0 Å². The minimum absolute atomic E-state index is 0.263. The summed E-state index contributed by atoms with van der Waals surface area (Å²) >= 11 is 0. The molecule has 1 saturated carbocycles. The third kappa shape index (κ3) is 6.59. The molecule has 0 radical (unpaired) electrons. The molecule has 2 aliphatic heterocycles. The zero-order valence-corrected chi connectivity index (χ0v) is 23.9. The highest BCUT2D eigenvalue weighted by Gasteiger charge is 2.33. The van der Waals surface area contributed by atoms with Gasteiger partial charge in [0.15, 0.2) is 0 Å². The summed E-state index contributed by atoms with van der Waals surface area (Å²) in [5.41, 5.74) is 6.11. The predicted octanol–water partition coefficient (Wildman–Crippen LogP) is 6.19. The van der Waals surface area contributed by atoms with E-state index in [9.17, 15) is 4.79 Å².